The Bertz CT molecular complexity index is 695. The summed E-state index contributed by atoms with van der Waals surface area (Å²) in [5, 5.41) is 1.82. The fourth-order valence-electron chi connectivity index (χ4n) is 2.69. The molecule has 2 rings (SSSR count). The highest BCUT2D eigenvalue weighted by atomic mass is 32.2. The van der Waals surface area contributed by atoms with E-state index in [1.54, 1.807) is 19.2 Å². The molecule has 1 aliphatic rings. The summed E-state index contributed by atoms with van der Waals surface area (Å²) in [6.45, 7) is 12.2. The molecule has 1 aromatic rings. The Labute approximate surface area is 180 Å². The molecule has 0 aromatic heterocycles. The maximum absolute atomic E-state index is 11.7. The van der Waals surface area contributed by atoms with Gasteiger partial charge in [0.25, 0.3) is 0 Å². The Kier molecular flexibility index (Phi) is 14.0. The van der Waals surface area contributed by atoms with Crippen molar-refractivity contribution >= 4 is 33.5 Å². The summed E-state index contributed by atoms with van der Waals surface area (Å²) in [4.78, 5) is 32.1. The minimum Gasteiger partial charge on any atom is -0.366 e. The van der Waals surface area contributed by atoms with Gasteiger partial charge in [-0.15, -0.1) is 0 Å². The van der Waals surface area contributed by atoms with Gasteiger partial charge in [0, 0.05) is 36.9 Å². The number of nitrogens with zero attached hydrogens (tertiary/aromatic N) is 2. The third-order valence-electron chi connectivity index (χ3n) is 4.08. The van der Waals surface area contributed by atoms with Crippen molar-refractivity contribution in [3.63, 3.8) is 0 Å². The topological polar surface area (TPSA) is 84.9 Å². The molecular weight excluding hydrogens is 382 g/mol. The van der Waals surface area contributed by atoms with Crippen molar-refractivity contribution in [3.05, 3.63) is 35.4 Å². The standard InChI is InChI=1S/C19H25N3O2S.2C2H6/c1-12(2)18(22-15-5-4-6-16(23)11-15)25-19(21-3)14-9-7-13(8-10-14)17(20)24;2*1-2/h7-10,12,15H,4-6,11H2,1-3H3,(H2,20,24);2*1-2H3. The van der Waals surface area contributed by atoms with E-state index in [9.17, 15) is 9.59 Å². The first kappa shape index (κ1) is 27.0. The number of Topliss-reactive ketones (excluding diaryl/α,β-unsaturated/α-hetero) is 1. The molecule has 1 saturated carbocycles. The highest BCUT2D eigenvalue weighted by Crippen LogP contribution is 2.25. The first-order valence-electron chi connectivity index (χ1n) is 10.5. The molecule has 0 spiro atoms. The number of hydrogen-bond acceptors (Lipinski definition) is 5. The molecule has 0 bridgehead atoms. The predicted octanol–water partition coefficient (Wildman–Crippen LogP) is 5.51. The van der Waals surface area contributed by atoms with E-state index in [-0.39, 0.29) is 12.0 Å². The van der Waals surface area contributed by atoms with Crippen molar-refractivity contribution in [2.45, 2.75) is 73.3 Å². The van der Waals surface area contributed by atoms with Crippen LogP contribution in [0, 0.1) is 5.92 Å². The molecule has 6 heteroatoms. The van der Waals surface area contributed by atoms with E-state index in [4.69, 9.17) is 10.7 Å². The number of carbonyl (C=O) groups is 2. The Morgan fingerprint density at radius 2 is 1.66 bits per heavy atom. The summed E-state index contributed by atoms with van der Waals surface area (Å²) in [6, 6.07) is 7.18. The van der Waals surface area contributed by atoms with Crippen LogP contribution < -0.4 is 5.73 Å². The molecule has 0 aliphatic heterocycles. The lowest BCUT2D eigenvalue weighted by molar-refractivity contribution is -0.120. The van der Waals surface area contributed by atoms with Gasteiger partial charge in [-0.1, -0.05) is 65.4 Å². The number of nitrogens with two attached hydrogens (primary N) is 1. The normalized spacial score (nSPS) is 17.1. The molecule has 0 heterocycles. The van der Waals surface area contributed by atoms with Gasteiger partial charge < -0.3 is 5.73 Å². The Hall–Kier alpha value is -1.95. The highest BCUT2D eigenvalue weighted by molar-refractivity contribution is 8.27. The van der Waals surface area contributed by atoms with Crippen LogP contribution in [0.1, 0.15) is 83.1 Å². The molecule has 5 nitrogen and oxygen atoms in total. The van der Waals surface area contributed by atoms with E-state index in [1.807, 2.05) is 39.8 Å². The van der Waals surface area contributed by atoms with Gasteiger partial charge >= 0.3 is 0 Å². The van der Waals surface area contributed by atoms with Crippen molar-refractivity contribution in [1.29, 1.82) is 0 Å². The quantitative estimate of drug-likeness (QED) is 0.515. The average Bonchev–Trinajstić information content (AvgIpc) is 2.74. The van der Waals surface area contributed by atoms with E-state index in [0.29, 0.717) is 24.2 Å². The van der Waals surface area contributed by atoms with Crippen LogP contribution in [0.4, 0.5) is 0 Å². The lowest BCUT2D eigenvalue weighted by Gasteiger charge is -2.20. The van der Waals surface area contributed by atoms with E-state index in [0.717, 1.165) is 28.5 Å². The van der Waals surface area contributed by atoms with Crippen molar-refractivity contribution in [1.82, 2.24) is 0 Å². The summed E-state index contributed by atoms with van der Waals surface area (Å²) in [6.07, 6.45) is 3.12. The van der Waals surface area contributed by atoms with Crippen LogP contribution in [-0.4, -0.2) is 34.9 Å². The van der Waals surface area contributed by atoms with Gasteiger partial charge in [0.05, 0.1) is 11.1 Å². The van der Waals surface area contributed by atoms with Crippen LogP contribution in [0.5, 0.6) is 0 Å². The van der Waals surface area contributed by atoms with Gasteiger partial charge in [-0.2, -0.15) is 0 Å². The summed E-state index contributed by atoms with van der Waals surface area (Å²) in [5.41, 5.74) is 6.68. The van der Waals surface area contributed by atoms with Crippen LogP contribution in [0.15, 0.2) is 34.3 Å². The number of rotatable bonds is 4. The van der Waals surface area contributed by atoms with Crippen LogP contribution in [-0.2, 0) is 4.79 Å². The minimum absolute atomic E-state index is 0.0847. The van der Waals surface area contributed by atoms with Crippen LogP contribution in [0.2, 0.25) is 0 Å². The molecule has 1 aliphatic carbocycles. The summed E-state index contributed by atoms with van der Waals surface area (Å²) in [5.74, 6) is 0.115. The zero-order valence-corrected chi connectivity index (χ0v) is 19.8. The first-order chi connectivity index (χ1) is 13.9. The maximum atomic E-state index is 11.7. The number of benzene rings is 1. The highest BCUT2D eigenvalue weighted by Gasteiger charge is 2.21. The fraction of sp³-hybridized carbons (Fsp3) is 0.565. The van der Waals surface area contributed by atoms with Crippen molar-refractivity contribution in [2.24, 2.45) is 21.6 Å². The SMILES string of the molecule is CC.CC.CN=C(SC(=NC1CCCC(=O)C1)C(C)C)c1ccc(C(N)=O)cc1. The second-order valence-corrected chi connectivity index (χ2v) is 7.49. The van der Waals surface area contributed by atoms with Crippen LogP contribution >= 0.6 is 11.8 Å². The van der Waals surface area contributed by atoms with Gasteiger partial charge in [-0.3, -0.25) is 19.6 Å². The molecule has 1 amide bonds. The molecule has 0 radical (unpaired) electrons. The Morgan fingerprint density at radius 3 is 2.10 bits per heavy atom. The molecular formula is C23H37N3O2S. The van der Waals surface area contributed by atoms with Gasteiger partial charge in [0.1, 0.15) is 10.8 Å². The molecule has 1 aromatic carbocycles. The number of ketones is 1. The van der Waals surface area contributed by atoms with Gasteiger partial charge in [0.15, 0.2) is 0 Å². The maximum Gasteiger partial charge on any atom is 0.248 e. The van der Waals surface area contributed by atoms with E-state index in [1.165, 1.54) is 11.8 Å². The zero-order valence-electron chi connectivity index (χ0n) is 19.0. The number of hydrogen-bond donors (Lipinski definition) is 1. The Balaban J connectivity index is 0.00000184. The van der Waals surface area contributed by atoms with E-state index < -0.39 is 5.91 Å². The second kappa shape index (κ2) is 15.0. The van der Waals surface area contributed by atoms with E-state index in [2.05, 4.69) is 18.8 Å². The van der Waals surface area contributed by atoms with Crippen LogP contribution in [0.25, 0.3) is 0 Å². The summed E-state index contributed by atoms with van der Waals surface area (Å²) < 4.78 is 0. The average molecular weight is 420 g/mol. The third kappa shape index (κ3) is 9.39. The molecule has 1 atom stereocenters. The smallest absolute Gasteiger partial charge is 0.248 e. The molecule has 162 valence electrons. The second-order valence-electron chi connectivity index (χ2n) is 6.48. The van der Waals surface area contributed by atoms with Crippen LogP contribution in [0.3, 0.4) is 0 Å². The molecule has 2 N–H and O–H groups in total. The number of thioether (sulfide) groups is 1. The van der Waals surface area contributed by atoms with Crippen molar-refractivity contribution in [3.8, 4) is 0 Å². The van der Waals surface area contributed by atoms with Crippen molar-refractivity contribution in [2.75, 3.05) is 7.05 Å². The Morgan fingerprint density at radius 1 is 1.10 bits per heavy atom. The summed E-state index contributed by atoms with van der Waals surface area (Å²) >= 11 is 1.53. The minimum atomic E-state index is -0.444. The molecule has 29 heavy (non-hydrogen) atoms. The van der Waals surface area contributed by atoms with E-state index >= 15 is 0 Å². The zero-order chi connectivity index (χ0) is 22.4. The van der Waals surface area contributed by atoms with Crippen molar-refractivity contribution < 1.29 is 9.59 Å². The number of amides is 1. The lowest BCUT2D eigenvalue weighted by Crippen LogP contribution is -2.21. The molecule has 1 fully saturated rings. The third-order valence-corrected chi connectivity index (χ3v) is 5.48. The van der Waals surface area contributed by atoms with Gasteiger partial charge in [-0.25, -0.2) is 0 Å². The largest absolute Gasteiger partial charge is 0.366 e. The predicted molar refractivity (Wildman–Crippen MR) is 127 cm³/mol. The summed E-state index contributed by atoms with van der Waals surface area (Å²) in [7, 11) is 1.74. The number of primary amides is 1. The van der Waals surface area contributed by atoms with Gasteiger partial charge in [0.2, 0.25) is 5.91 Å². The number of aliphatic imine (C=N–C) groups is 2. The molecule has 0 saturated heterocycles. The van der Waals surface area contributed by atoms with Gasteiger partial charge in [-0.05, 0) is 25.0 Å². The fourth-order valence-corrected chi connectivity index (χ4v) is 3.68. The first-order valence-corrected chi connectivity index (χ1v) is 11.4. The lowest BCUT2D eigenvalue weighted by atomic mass is 9.95. The monoisotopic (exact) mass is 419 g/mol. The number of carbonyl (C=O) groups excluding carboxylic acids is 2. The molecule has 1 unspecified atom stereocenters.